The van der Waals surface area contributed by atoms with Crippen LogP contribution in [0.3, 0.4) is 0 Å². The predicted octanol–water partition coefficient (Wildman–Crippen LogP) is 0.973. The standard InChI is InChI=1S/C9H19N5/c1-3-5-7-14-9(11-12-13-14)8-10-6-4-2/h10H,3-8H2,1-2H3. The number of hydrogen-bond donors (Lipinski definition) is 1. The smallest absolute Gasteiger partial charge is 0.165 e. The van der Waals surface area contributed by atoms with Crippen LogP contribution in [-0.4, -0.2) is 26.8 Å². The molecule has 0 unspecified atom stereocenters. The highest BCUT2D eigenvalue weighted by molar-refractivity contribution is 4.79. The second-order valence-corrected chi connectivity index (χ2v) is 3.35. The summed E-state index contributed by atoms with van der Waals surface area (Å²) < 4.78 is 1.88. The maximum Gasteiger partial charge on any atom is 0.165 e. The van der Waals surface area contributed by atoms with E-state index in [0.29, 0.717) is 0 Å². The van der Waals surface area contributed by atoms with Gasteiger partial charge in [0.05, 0.1) is 6.54 Å². The van der Waals surface area contributed by atoms with Crippen LogP contribution in [0, 0.1) is 0 Å². The van der Waals surface area contributed by atoms with Crippen molar-refractivity contribution >= 4 is 0 Å². The molecule has 0 aliphatic rings. The maximum absolute atomic E-state index is 3.98. The van der Waals surface area contributed by atoms with Crippen molar-refractivity contribution in [2.45, 2.75) is 46.2 Å². The van der Waals surface area contributed by atoms with Crippen LogP contribution in [0.4, 0.5) is 0 Å². The Morgan fingerprint density at radius 2 is 2.14 bits per heavy atom. The normalized spacial score (nSPS) is 10.7. The molecule has 0 atom stereocenters. The van der Waals surface area contributed by atoms with Gasteiger partial charge in [0.15, 0.2) is 5.82 Å². The number of aryl methyl sites for hydroxylation is 1. The number of tetrazole rings is 1. The van der Waals surface area contributed by atoms with Crippen molar-refractivity contribution in [3.8, 4) is 0 Å². The van der Waals surface area contributed by atoms with Gasteiger partial charge in [-0.2, -0.15) is 0 Å². The number of rotatable bonds is 7. The van der Waals surface area contributed by atoms with Crippen molar-refractivity contribution in [2.24, 2.45) is 0 Å². The number of unbranched alkanes of at least 4 members (excludes halogenated alkanes) is 1. The van der Waals surface area contributed by atoms with Crippen LogP contribution in [0.2, 0.25) is 0 Å². The summed E-state index contributed by atoms with van der Waals surface area (Å²) >= 11 is 0. The van der Waals surface area contributed by atoms with E-state index >= 15 is 0 Å². The highest BCUT2D eigenvalue weighted by Crippen LogP contribution is 1.96. The Labute approximate surface area is 84.9 Å². The SMILES string of the molecule is CCCCn1nnnc1CNCCC. The first kappa shape index (κ1) is 11.1. The minimum absolute atomic E-state index is 0.768. The monoisotopic (exact) mass is 197 g/mol. The van der Waals surface area contributed by atoms with Gasteiger partial charge in [0.25, 0.3) is 0 Å². The van der Waals surface area contributed by atoms with E-state index in [9.17, 15) is 0 Å². The molecule has 1 N–H and O–H groups in total. The molecule has 1 heterocycles. The van der Waals surface area contributed by atoms with Gasteiger partial charge in [-0.3, -0.25) is 0 Å². The highest BCUT2D eigenvalue weighted by Gasteiger charge is 2.03. The molecule has 0 aliphatic carbocycles. The van der Waals surface area contributed by atoms with Gasteiger partial charge in [-0.15, -0.1) is 5.10 Å². The largest absolute Gasteiger partial charge is 0.310 e. The molecule has 0 fully saturated rings. The number of nitrogens with one attached hydrogen (secondary N) is 1. The number of nitrogens with zero attached hydrogens (tertiary/aromatic N) is 4. The van der Waals surface area contributed by atoms with E-state index in [1.54, 1.807) is 0 Å². The van der Waals surface area contributed by atoms with Crippen molar-refractivity contribution in [3.63, 3.8) is 0 Å². The maximum atomic E-state index is 3.98. The third-order valence-corrected chi connectivity index (χ3v) is 2.04. The molecule has 80 valence electrons. The third kappa shape index (κ3) is 3.41. The van der Waals surface area contributed by atoms with Crippen LogP contribution >= 0.6 is 0 Å². The zero-order valence-electron chi connectivity index (χ0n) is 9.03. The van der Waals surface area contributed by atoms with Gasteiger partial charge in [0.2, 0.25) is 0 Å². The van der Waals surface area contributed by atoms with Crippen LogP contribution in [0.5, 0.6) is 0 Å². The molecule has 1 aromatic heterocycles. The van der Waals surface area contributed by atoms with E-state index < -0.39 is 0 Å². The minimum atomic E-state index is 0.768. The molecule has 0 amide bonds. The number of hydrogen-bond acceptors (Lipinski definition) is 4. The van der Waals surface area contributed by atoms with Crippen molar-refractivity contribution in [3.05, 3.63) is 5.82 Å². The Bertz CT molecular complexity index is 245. The summed E-state index contributed by atoms with van der Waals surface area (Å²) in [5.41, 5.74) is 0. The molecule has 1 rings (SSSR count). The Hall–Kier alpha value is -0.970. The van der Waals surface area contributed by atoms with Crippen molar-refractivity contribution in [2.75, 3.05) is 6.54 Å². The molecule has 0 aliphatic heterocycles. The van der Waals surface area contributed by atoms with Crippen molar-refractivity contribution < 1.29 is 0 Å². The Balaban J connectivity index is 2.37. The van der Waals surface area contributed by atoms with Gasteiger partial charge in [0.1, 0.15) is 0 Å². The first-order valence-electron chi connectivity index (χ1n) is 5.34. The summed E-state index contributed by atoms with van der Waals surface area (Å²) in [5.74, 6) is 0.937. The Kier molecular flexibility index (Phi) is 5.14. The lowest BCUT2D eigenvalue weighted by Crippen LogP contribution is -2.18. The molecular weight excluding hydrogens is 178 g/mol. The van der Waals surface area contributed by atoms with E-state index in [4.69, 9.17) is 0 Å². The Morgan fingerprint density at radius 3 is 2.86 bits per heavy atom. The van der Waals surface area contributed by atoms with E-state index in [1.165, 1.54) is 6.42 Å². The van der Waals surface area contributed by atoms with Gasteiger partial charge < -0.3 is 5.32 Å². The molecule has 1 aromatic rings. The second-order valence-electron chi connectivity index (χ2n) is 3.35. The molecule has 0 aromatic carbocycles. The highest BCUT2D eigenvalue weighted by atomic mass is 15.5. The predicted molar refractivity (Wildman–Crippen MR) is 54.7 cm³/mol. The summed E-state index contributed by atoms with van der Waals surface area (Å²) in [6.07, 6.45) is 3.43. The fourth-order valence-electron chi connectivity index (χ4n) is 1.21. The average molecular weight is 197 g/mol. The zero-order chi connectivity index (χ0) is 10.2. The fraction of sp³-hybridized carbons (Fsp3) is 0.889. The molecule has 0 bridgehead atoms. The third-order valence-electron chi connectivity index (χ3n) is 2.04. The average Bonchev–Trinajstić information content (AvgIpc) is 2.63. The van der Waals surface area contributed by atoms with Gasteiger partial charge in [-0.25, -0.2) is 4.68 Å². The molecule has 0 saturated carbocycles. The van der Waals surface area contributed by atoms with Crippen LogP contribution in [0.1, 0.15) is 38.9 Å². The first-order valence-corrected chi connectivity index (χ1v) is 5.34. The molecule has 5 nitrogen and oxygen atoms in total. The summed E-state index contributed by atoms with van der Waals surface area (Å²) in [6.45, 7) is 7.02. The van der Waals surface area contributed by atoms with Crippen molar-refractivity contribution in [1.82, 2.24) is 25.5 Å². The lowest BCUT2D eigenvalue weighted by Gasteiger charge is -2.03. The van der Waals surface area contributed by atoms with Gasteiger partial charge >= 0.3 is 0 Å². The van der Waals surface area contributed by atoms with E-state index in [0.717, 1.165) is 38.3 Å². The molecule has 14 heavy (non-hydrogen) atoms. The molecule has 0 spiro atoms. The quantitative estimate of drug-likeness (QED) is 0.662. The summed E-state index contributed by atoms with van der Waals surface area (Å²) in [4.78, 5) is 0. The summed E-state index contributed by atoms with van der Waals surface area (Å²) in [5, 5.41) is 14.9. The molecule has 5 heteroatoms. The fourth-order valence-corrected chi connectivity index (χ4v) is 1.21. The lowest BCUT2D eigenvalue weighted by molar-refractivity contribution is 0.516. The van der Waals surface area contributed by atoms with Crippen LogP contribution < -0.4 is 5.32 Å². The zero-order valence-corrected chi connectivity index (χ0v) is 9.03. The van der Waals surface area contributed by atoms with Crippen LogP contribution in [-0.2, 0) is 13.1 Å². The van der Waals surface area contributed by atoms with Gasteiger partial charge in [0, 0.05) is 6.54 Å². The van der Waals surface area contributed by atoms with E-state index in [1.807, 2.05) is 4.68 Å². The van der Waals surface area contributed by atoms with E-state index in [2.05, 4.69) is 34.7 Å². The van der Waals surface area contributed by atoms with Crippen LogP contribution in [0.15, 0.2) is 0 Å². The summed E-state index contributed by atoms with van der Waals surface area (Å²) in [6, 6.07) is 0. The lowest BCUT2D eigenvalue weighted by atomic mass is 10.3. The van der Waals surface area contributed by atoms with Gasteiger partial charge in [-0.05, 0) is 29.8 Å². The second kappa shape index (κ2) is 6.48. The minimum Gasteiger partial charge on any atom is -0.310 e. The summed E-state index contributed by atoms with van der Waals surface area (Å²) in [7, 11) is 0. The van der Waals surface area contributed by atoms with Crippen molar-refractivity contribution in [1.29, 1.82) is 0 Å². The van der Waals surface area contributed by atoms with Gasteiger partial charge in [-0.1, -0.05) is 20.3 Å². The molecule has 0 saturated heterocycles. The number of aromatic nitrogens is 4. The topological polar surface area (TPSA) is 55.6 Å². The first-order chi connectivity index (χ1) is 6.88. The van der Waals surface area contributed by atoms with Crippen LogP contribution in [0.25, 0.3) is 0 Å². The van der Waals surface area contributed by atoms with E-state index in [-0.39, 0.29) is 0 Å². The Morgan fingerprint density at radius 1 is 1.29 bits per heavy atom. The molecular formula is C9H19N5. The molecule has 0 radical (unpaired) electrons.